The number of rotatable bonds is 1. The van der Waals surface area contributed by atoms with Crippen molar-refractivity contribution >= 4 is 28.5 Å². The highest BCUT2D eigenvalue weighted by molar-refractivity contribution is 6.06. The SMILES string of the molecule is NC1=NC2(CCCCC2)N(c2ccc3ncccc3c2)C(N)=N1. The van der Waals surface area contributed by atoms with Gasteiger partial charge < -0.3 is 11.5 Å². The van der Waals surface area contributed by atoms with Crippen LogP contribution in [-0.4, -0.2) is 22.6 Å². The highest BCUT2D eigenvalue weighted by atomic mass is 15.4. The second-order valence-corrected chi connectivity index (χ2v) is 6.20. The largest absolute Gasteiger partial charge is 0.369 e. The summed E-state index contributed by atoms with van der Waals surface area (Å²) in [6, 6.07) is 10.1. The molecule has 0 amide bonds. The van der Waals surface area contributed by atoms with E-state index in [-0.39, 0.29) is 5.96 Å². The molecule has 4 N–H and O–H groups in total. The van der Waals surface area contributed by atoms with Crippen molar-refractivity contribution in [3.63, 3.8) is 0 Å². The van der Waals surface area contributed by atoms with Crippen LogP contribution < -0.4 is 16.4 Å². The van der Waals surface area contributed by atoms with Crippen molar-refractivity contribution in [1.29, 1.82) is 0 Å². The number of aromatic nitrogens is 1. The van der Waals surface area contributed by atoms with Gasteiger partial charge >= 0.3 is 0 Å². The van der Waals surface area contributed by atoms with Gasteiger partial charge in [-0.15, -0.1) is 0 Å². The molecule has 1 fully saturated rings. The Balaban J connectivity index is 1.84. The Morgan fingerprint density at radius 2 is 1.87 bits per heavy atom. The number of guanidine groups is 2. The first-order valence-corrected chi connectivity index (χ1v) is 8.02. The van der Waals surface area contributed by atoms with Crippen LogP contribution in [0.1, 0.15) is 32.1 Å². The molecule has 0 unspecified atom stereocenters. The smallest absolute Gasteiger partial charge is 0.220 e. The molecule has 23 heavy (non-hydrogen) atoms. The summed E-state index contributed by atoms with van der Waals surface area (Å²) < 4.78 is 0. The fourth-order valence-electron chi connectivity index (χ4n) is 3.70. The van der Waals surface area contributed by atoms with Crippen molar-refractivity contribution in [3.8, 4) is 0 Å². The van der Waals surface area contributed by atoms with Gasteiger partial charge in [0.15, 0.2) is 0 Å². The van der Waals surface area contributed by atoms with Crippen molar-refractivity contribution in [1.82, 2.24) is 4.98 Å². The molecule has 1 aromatic carbocycles. The second kappa shape index (κ2) is 5.22. The predicted octanol–water partition coefficient (Wildman–Crippen LogP) is 2.34. The number of hydrogen-bond donors (Lipinski definition) is 2. The summed E-state index contributed by atoms with van der Waals surface area (Å²) in [4.78, 5) is 15.3. The Labute approximate surface area is 134 Å². The molecular formula is C17H20N6. The van der Waals surface area contributed by atoms with Crippen LogP contribution >= 0.6 is 0 Å². The molecule has 1 aliphatic heterocycles. The molecule has 4 rings (SSSR count). The van der Waals surface area contributed by atoms with E-state index in [0.29, 0.717) is 5.96 Å². The average Bonchev–Trinajstić information content (AvgIpc) is 2.54. The number of hydrogen-bond acceptors (Lipinski definition) is 6. The monoisotopic (exact) mass is 308 g/mol. The van der Waals surface area contributed by atoms with Gasteiger partial charge in [-0.3, -0.25) is 9.88 Å². The third-order valence-corrected chi connectivity index (χ3v) is 4.70. The van der Waals surface area contributed by atoms with E-state index in [4.69, 9.17) is 16.5 Å². The quantitative estimate of drug-likeness (QED) is 0.845. The molecule has 1 spiro atoms. The molecule has 2 aliphatic rings. The molecule has 0 bridgehead atoms. The molecule has 0 saturated heterocycles. The third-order valence-electron chi connectivity index (χ3n) is 4.70. The fraction of sp³-hybridized carbons (Fsp3) is 0.353. The van der Waals surface area contributed by atoms with E-state index in [9.17, 15) is 0 Å². The lowest BCUT2D eigenvalue weighted by atomic mass is 9.87. The van der Waals surface area contributed by atoms with Crippen molar-refractivity contribution in [2.24, 2.45) is 21.5 Å². The maximum absolute atomic E-state index is 6.25. The van der Waals surface area contributed by atoms with Crippen LogP contribution in [0.15, 0.2) is 46.5 Å². The molecule has 0 radical (unpaired) electrons. The minimum Gasteiger partial charge on any atom is -0.369 e. The molecule has 6 heteroatoms. The van der Waals surface area contributed by atoms with E-state index in [2.05, 4.69) is 20.9 Å². The summed E-state index contributed by atoms with van der Waals surface area (Å²) >= 11 is 0. The van der Waals surface area contributed by atoms with Gasteiger partial charge in [0.05, 0.1) is 5.52 Å². The predicted molar refractivity (Wildman–Crippen MR) is 93.3 cm³/mol. The zero-order valence-corrected chi connectivity index (χ0v) is 12.9. The van der Waals surface area contributed by atoms with E-state index in [1.54, 1.807) is 6.20 Å². The Kier molecular flexibility index (Phi) is 3.18. The molecule has 0 atom stereocenters. The van der Waals surface area contributed by atoms with Crippen LogP contribution in [0.5, 0.6) is 0 Å². The first-order valence-electron chi connectivity index (χ1n) is 8.02. The van der Waals surface area contributed by atoms with Crippen molar-refractivity contribution in [2.45, 2.75) is 37.8 Å². The van der Waals surface area contributed by atoms with E-state index >= 15 is 0 Å². The molecule has 1 saturated carbocycles. The highest BCUT2D eigenvalue weighted by Gasteiger charge is 2.42. The number of pyridine rings is 1. The van der Waals surface area contributed by atoms with Crippen LogP contribution in [0.4, 0.5) is 5.69 Å². The van der Waals surface area contributed by atoms with Crippen LogP contribution in [0.25, 0.3) is 10.9 Å². The van der Waals surface area contributed by atoms with E-state index < -0.39 is 5.66 Å². The first kappa shape index (κ1) is 14.0. The lowest BCUT2D eigenvalue weighted by molar-refractivity contribution is 0.305. The number of aliphatic imine (C=N–C) groups is 2. The zero-order chi connectivity index (χ0) is 15.9. The number of nitrogens with zero attached hydrogens (tertiary/aromatic N) is 4. The summed E-state index contributed by atoms with van der Waals surface area (Å²) in [6.45, 7) is 0. The molecule has 2 heterocycles. The molecular weight excluding hydrogens is 288 g/mol. The van der Waals surface area contributed by atoms with Gasteiger partial charge in [-0.2, -0.15) is 4.99 Å². The van der Waals surface area contributed by atoms with Crippen molar-refractivity contribution < 1.29 is 0 Å². The number of anilines is 1. The second-order valence-electron chi connectivity index (χ2n) is 6.20. The maximum atomic E-state index is 6.25. The van der Waals surface area contributed by atoms with Crippen LogP contribution in [0.3, 0.4) is 0 Å². The number of benzene rings is 1. The Morgan fingerprint density at radius 3 is 2.70 bits per heavy atom. The van der Waals surface area contributed by atoms with Crippen molar-refractivity contribution in [2.75, 3.05) is 4.90 Å². The Bertz CT molecular complexity index is 804. The lowest BCUT2D eigenvalue weighted by Crippen LogP contribution is -2.58. The standard InChI is InChI=1S/C17H20N6/c18-15-21-16(19)23(17(22-15)8-2-1-3-9-17)13-6-7-14-12(11-13)5-4-10-20-14/h4-7,10-11H,1-3,8-9H2,(H4,18,19,21,22). The minimum absolute atomic E-state index is 0.281. The fourth-order valence-corrected chi connectivity index (χ4v) is 3.70. The summed E-state index contributed by atoms with van der Waals surface area (Å²) in [6.07, 6.45) is 7.14. The maximum Gasteiger partial charge on any atom is 0.220 e. The van der Waals surface area contributed by atoms with E-state index in [0.717, 1.165) is 42.3 Å². The molecule has 6 nitrogen and oxygen atoms in total. The van der Waals surface area contributed by atoms with Gasteiger partial charge in [-0.1, -0.05) is 12.5 Å². The van der Waals surface area contributed by atoms with E-state index in [1.807, 2.05) is 24.3 Å². The van der Waals surface area contributed by atoms with Crippen LogP contribution in [-0.2, 0) is 0 Å². The van der Waals surface area contributed by atoms with Crippen molar-refractivity contribution in [3.05, 3.63) is 36.5 Å². The zero-order valence-electron chi connectivity index (χ0n) is 12.9. The Hall–Kier alpha value is -2.63. The molecule has 1 aliphatic carbocycles. The van der Waals surface area contributed by atoms with Crippen LogP contribution in [0.2, 0.25) is 0 Å². The summed E-state index contributed by atoms with van der Waals surface area (Å²) in [5, 5.41) is 1.08. The normalized spacial score (nSPS) is 20.4. The summed E-state index contributed by atoms with van der Waals surface area (Å²) in [5.41, 5.74) is 13.7. The number of nitrogens with two attached hydrogens (primary N) is 2. The van der Waals surface area contributed by atoms with Gasteiger partial charge in [0, 0.05) is 17.3 Å². The number of fused-ring (bicyclic) bond motifs is 1. The van der Waals surface area contributed by atoms with Gasteiger partial charge in [0.2, 0.25) is 11.9 Å². The van der Waals surface area contributed by atoms with Gasteiger partial charge in [-0.25, -0.2) is 4.99 Å². The van der Waals surface area contributed by atoms with Gasteiger partial charge in [0.1, 0.15) is 5.66 Å². The van der Waals surface area contributed by atoms with E-state index in [1.165, 1.54) is 6.42 Å². The topological polar surface area (TPSA) is 92.9 Å². The summed E-state index contributed by atoms with van der Waals surface area (Å²) in [5.74, 6) is 0.700. The first-order chi connectivity index (χ1) is 11.2. The third kappa shape index (κ3) is 2.30. The molecule has 118 valence electrons. The lowest BCUT2D eigenvalue weighted by Gasteiger charge is -2.45. The minimum atomic E-state index is -0.399. The Morgan fingerprint density at radius 1 is 1.04 bits per heavy atom. The average molecular weight is 308 g/mol. The highest BCUT2D eigenvalue weighted by Crippen LogP contribution is 2.39. The molecule has 1 aromatic heterocycles. The van der Waals surface area contributed by atoms with Crippen LogP contribution in [0, 0.1) is 0 Å². The molecule has 2 aromatic rings. The van der Waals surface area contributed by atoms with Gasteiger partial charge in [0.25, 0.3) is 0 Å². The summed E-state index contributed by atoms with van der Waals surface area (Å²) in [7, 11) is 0. The van der Waals surface area contributed by atoms with Gasteiger partial charge in [-0.05, 0) is 49.9 Å².